The SMILES string of the molecule is O=C(COc1cccc2ccccc12)Oc1ccccc1. The highest BCUT2D eigenvalue weighted by Crippen LogP contribution is 2.25. The quantitative estimate of drug-likeness (QED) is 0.537. The van der Waals surface area contributed by atoms with E-state index in [4.69, 9.17) is 9.47 Å². The van der Waals surface area contributed by atoms with Crippen molar-refractivity contribution in [2.75, 3.05) is 6.61 Å². The molecular formula is C18H14O3. The molecule has 0 spiro atoms. The van der Waals surface area contributed by atoms with Gasteiger partial charge in [-0.25, -0.2) is 4.79 Å². The van der Waals surface area contributed by atoms with Crippen LogP contribution in [0.25, 0.3) is 10.8 Å². The first kappa shape index (κ1) is 13.2. The van der Waals surface area contributed by atoms with Crippen molar-refractivity contribution < 1.29 is 14.3 Å². The molecule has 0 fully saturated rings. The zero-order valence-electron chi connectivity index (χ0n) is 11.4. The highest BCUT2D eigenvalue weighted by atomic mass is 16.6. The Morgan fingerprint density at radius 2 is 1.52 bits per heavy atom. The van der Waals surface area contributed by atoms with Crippen LogP contribution in [-0.2, 0) is 4.79 Å². The summed E-state index contributed by atoms with van der Waals surface area (Å²) in [5, 5.41) is 2.05. The van der Waals surface area contributed by atoms with Crippen molar-refractivity contribution in [1.82, 2.24) is 0 Å². The Morgan fingerprint density at radius 3 is 2.38 bits per heavy atom. The van der Waals surface area contributed by atoms with E-state index in [1.54, 1.807) is 12.1 Å². The summed E-state index contributed by atoms with van der Waals surface area (Å²) in [6.07, 6.45) is 0. The van der Waals surface area contributed by atoms with Gasteiger partial charge in [-0.05, 0) is 23.6 Å². The second-order valence-corrected chi connectivity index (χ2v) is 4.55. The van der Waals surface area contributed by atoms with E-state index < -0.39 is 5.97 Å². The molecule has 3 nitrogen and oxygen atoms in total. The Labute approximate surface area is 122 Å². The van der Waals surface area contributed by atoms with Crippen molar-refractivity contribution in [3.63, 3.8) is 0 Å². The molecule has 104 valence electrons. The normalized spacial score (nSPS) is 10.3. The van der Waals surface area contributed by atoms with Crippen molar-refractivity contribution in [1.29, 1.82) is 0 Å². The van der Waals surface area contributed by atoms with Crippen LogP contribution in [0.5, 0.6) is 11.5 Å². The predicted molar refractivity (Wildman–Crippen MR) is 81.5 cm³/mol. The number of ether oxygens (including phenoxy) is 2. The maximum Gasteiger partial charge on any atom is 0.349 e. The van der Waals surface area contributed by atoms with Gasteiger partial charge in [-0.1, -0.05) is 54.6 Å². The second kappa shape index (κ2) is 6.09. The third-order valence-electron chi connectivity index (χ3n) is 3.07. The van der Waals surface area contributed by atoms with Crippen LogP contribution in [0.15, 0.2) is 72.8 Å². The van der Waals surface area contributed by atoms with Gasteiger partial charge in [0.1, 0.15) is 11.5 Å². The van der Waals surface area contributed by atoms with E-state index in [1.165, 1.54) is 0 Å². The summed E-state index contributed by atoms with van der Waals surface area (Å²) < 4.78 is 10.8. The number of esters is 1. The number of benzene rings is 3. The van der Waals surface area contributed by atoms with E-state index >= 15 is 0 Å². The molecule has 0 aliphatic rings. The number of rotatable bonds is 4. The average molecular weight is 278 g/mol. The van der Waals surface area contributed by atoms with Gasteiger partial charge in [-0.3, -0.25) is 0 Å². The molecule has 0 amide bonds. The molecular weight excluding hydrogens is 264 g/mol. The summed E-state index contributed by atoms with van der Waals surface area (Å²) in [7, 11) is 0. The fourth-order valence-corrected chi connectivity index (χ4v) is 2.11. The molecule has 0 atom stereocenters. The fraction of sp³-hybridized carbons (Fsp3) is 0.0556. The molecule has 3 heteroatoms. The van der Waals surface area contributed by atoms with Crippen LogP contribution in [0.3, 0.4) is 0 Å². The van der Waals surface area contributed by atoms with E-state index in [1.807, 2.05) is 60.7 Å². The highest BCUT2D eigenvalue weighted by Gasteiger charge is 2.07. The van der Waals surface area contributed by atoms with Crippen LogP contribution in [0, 0.1) is 0 Å². The van der Waals surface area contributed by atoms with Gasteiger partial charge in [0.2, 0.25) is 0 Å². The van der Waals surface area contributed by atoms with Crippen molar-refractivity contribution in [3.8, 4) is 11.5 Å². The summed E-state index contributed by atoms with van der Waals surface area (Å²) in [5.41, 5.74) is 0. The molecule has 0 saturated heterocycles. The lowest BCUT2D eigenvalue weighted by molar-refractivity contribution is -0.136. The van der Waals surface area contributed by atoms with E-state index in [0.717, 1.165) is 10.8 Å². The summed E-state index contributed by atoms with van der Waals surface area (Å²) in [6, 6.07) is 22.6. The van der Waals surface area contributed by atoms with Crippen molar-refractivity contribution in [3.05, 3.63) is 72.8 Å². The largest absolute Gasteiger partial charge is 0.481 e. The minimum Gasteiger partial charge on any atom is -0.481 e. The number of carbonyl (C=O) groups excluding carboxylic acids is 1. The summed E-state index contributed by atoms with van der Waals surface area (Å²) in [6.45, 7) is -0.122. The molecule has 0 N–H and O–H groups in total. The molecule has 3 rings (SSSR count). The smallest absolute Gasteiger partial charge is 0.349 e. The predicted octanol–water partition coefficient (Wildman–Crippen LogP) is 3.82. The monoisotopic (exact) mass is 278 g/mol. The zero-order chi connectivity index (χ0) is 14.5. The van der Waals surface area contributed by atoms with Gasteiger partial charge < -0.3 is 9.47 Å². The molecule has 0 aromatic heterocycles. The second-order valence-electron chi connectivity index (χ2n) is 4.55. The lowest BCUT2D eigenvalue weighted by Crippen LogP contribution is -2.17. The number of carbonyl (C=O) groups is 1. The van der Waals surface area contributed by atoms with Gasteiger partial charge in [0.25, 0.3) is 0 Å². The van der Waals surface area contributed by atoms with Crippen molar-refractivity contribution in [2.24, 2.45) is 0 Å². The Kier molecular flexibility index (Phi) is 3.83. The minimum atomic E-state index is -0.422. The molecule has 0 unspecified atom stereocenters. The van der Waals surface area contributed by atoms with Gasteiger partial charge in [0.15, 0.2) is 6.61 Å². The Balaban J connectivity index is 1.68. The number of para-hydroxylation sites is 1. The van der Waals surface area contributed by atoms with Gasteiger partial charge in [-0.2, -0.15) is 0 Å². The van der Waals surface area contributed by atoms with E-state index in [2.05, 4.69) is 0 Å². The molecule has 3 aromatic carbocycles. The Hall–Kier alpha value is -2.81. The summed E-state index contributed by atoms with van der Waals surface area (Å²) in [5.74, 6) is 0.774. The van der Waals surface area contributed by atoms with Gasteiger partial charge in [0.05, 0.1) is 0 Å². The molecule has 0 aliphatic carbocycles. The third-order valence-corrected chi connectivity index (χ3v) is 3.07. The van der Waals surface area contributed by atoms with Crippen LogP contribution in [-0.4, -0.2) is 12.6 Å². The molecule has 0 bridgehead atoms. The number of fused-ring (bicyclic) bond motifs is 1. The fourth-order valence-electron chi connectivity index (χ4n) is 2.11. The molecule has 21 heavy (non-hydrogen) atoms. The molecule has 0 saturated carbocycles. The van der Waals surface area contributed by atoms with Crippen LogP contribution in [0.2, 0.25) is 0 Å². The van der Waals surface area contributed by atoms with Gasteiger partial charge >= 0.3 is 5.97 Å². The lowest BCUT2D eigenvalue weighted by Gasteiger charge is -2.09. The van der Waals surface area contributed by atoms with E-state index in [0.29, 0.717) is 11.5 Å². The maximum atomic E-state index is 11.8. The van der Waals surface area contributed by atoms with E-state index in [-0.39, 0.29) is 6.61 Å². The third kappa shape index (κ3) is 3.20. The van der Waals surface area contributed by atoms with Crippen LogP contribution in [0.4, 0.5) is 0 Å². The Bertz CT molecular complexity index is 745. The molecule has 3 aromatic rings. The van der Waals surface area contributed by atoms with Crippen LogP contribution < -0.4 is 9.47 Å². The zero-order valence-corrected chi connectivity index (χ0v) is 11.4. The topological polar surface area (TPSA) is 35.5 Å². The van der Waals surface area contributed by atoms with Crippen molar-refractivity contribution >= 4 is 16.7 Å². The standard InChI is InChI=1S/C18H14O3/c19-18(21-15-9-2-1-3-10-15)13-20-17-12-6-8-14-7-4-5-11-16(14)17/h1-12H,13H2. The van der Waals surface area contributed by atoms with Gasteiger partial charge in [0, 0.05) is 5.39 Å². The summed E-state index contributed by atoms with van der Waals surface area (Å²) >= 11 is 0. The first-order valence-electron chi connectivity index (χ1n) is 6.69. The highest BCUT2D eigenvalue weighted by molar-refractivity contribution is 5.88. The molecule has 0 radical (unpaired) electrons. The van der Waals surface area contributed by atoms with Crippen LogP contribution >= 0.6 is 0 Å². The lowest BCUT2D eigenvalue weighted by atomic mass is 10.1. The summed E-state index contributed by atoms with van der Waals surface area (Å²) in [4.78, 5) is 11.8. The van der Waals surface area contributed by atoms with Crippen LogP contribution in [0.1, 0.15) is 0 Å². The maximum absolute atomic E-state index is 11.8. The molecule has 0 aliphatic heterocycles. The van der Waals surface area contributed by atoms with Gasteiger partial charge in [-0.15, -0.1) is 0 Å². The minimum absolute atomic E-state index is 0.122. The first-order chi connectivity index (χ1) is 10.3. The molecule has 0 heterocycles. The van der Waals surface area contributed by atoms with E-state index in [9.17, 15) is 4.79 Å². The number of hydrogen-bond donors (Lipinski definition) is 0. The number of hydrogen-bond acceptors (Lipinski definition) is 3. The first-order valence-corrected chi connectivity index (χ1v) is 6.69. The van der Waals surface area contributed by atoms with Crippen molar-refractivity contribution in [2.45, 2.75) is 0 Å². The average Bonchev–Trinajstić information content (AvgIpc) is 2.54. The Morgan fingerprint density at radius 1 is 0.810 bits per heavy atom.